The first-order valence-corrected chi connectivity index (χ1v) is 8.65. The molecule has 1 aliphatic heterocycles. The molecule has 2 aromatic carbocycles. The van der Waals surface area contributed by atoms with Crippen molar-refractivity contribution in [2.24, 2.45) is 0 Å². The molecule has 26 heavy (non-hydrogen) atoms. The van der Waals surface area contributed by atoms with Gasteiger partial charge in [-0.25, -0.2) is 9.37 Å². The molecule has 1 aromatic heterocycles. The van der Waals surface area contributed by atoms with Crippen molar-refractivity contribution in [2.75, 3.05) is 23.3 Å². The molecule has 4 rings (SSSR count). The molecule has 132 valence electrons. The minimum atomic E-state index is -0.306. The van der Waals surface area contributed by atoms with Gasteiger partial charge < -0.3 is 15.0 Å². The first kappa shape index (κ1) is 16.3. The number of ether oxygens (including phenoxy) is 1. The van der Waals surface area contributed by atoms with Gasteiger partial charge >= 0.3 is 0 Å². The number of rotatable bonds is 5. The number of hydrogen-bond donors (Lipinski definition) is 1. The van der Waals surface area contributed by atoms with Gasteiger partial charge in [0, 0.05) is 36.7 Å². The van der Waals surface area contributed by atoms with Gasteiger partial charge in [-0.3, -0.25) is 0 Å². The van der Waals surface area contributed by atoms with Gasteiger partial charge in [-0.2, -0.15) is 4.98 Å². The third kappa shape index (κ3) is 3.91. The quantitative estimate of drug-likeness (QED) is 0.719. The first-order chi connectivity index (χ1) is 12.8. The maximum atomic E-state index is 13.0. The third-order valence-electron chi connectivity index (χ3n) is 4.26. The Bertz CT molecular complexity index is 862. The molecule has 0 unspecified atom stereocenters. The molecule has 1 N–H and O–H groups in total. The Kier molecular flexibility index (Phi) is 4.64. The molecular formula is C20H19FN4O. The molecule has 3 aromatic rings. The summed E-state index contributed by atoms with van der Waals surface area (Å²) in [6, 6.07) is 15.7. The molecule has 1 fully saturated rings. The van der Waals surface area contributed by atoms with E-state index < -0.39 is 0 Å². The van der Waals surface area contributed by atoms with Crippen LogP contribution in [0.4, 0.5) is 21.7 Å². The summed E-state index contributed by atoms with van der Waals surface area (Å²) in [5.74, 6) is 1.05. The Labute approximate surface area is 151 Å². The minimum absolute atomic E-state index is 0.306. The molecule has 0 amide bonds. The molecule has 1 saturated heterocycles. The van der Waals surface area contributed by atoms with Gasteiger partial charge in [-0.15, -0.1) is 0 Å². The summed E-state index contributed by atoms with van der Waals surface area (Å²) in [5.41, 5.74) is 2.15. The standard InChI is InChI=1S/C20H19FN4O/c21-15-3-9-18(10-4-15)26-19-11-12-22-20(24-19)23-16-5-7-17(8-6-16)25-13-1-2-14-25/h3-12H,1-2,13-14H2,(H,22,23,24). The van der Waals surface area contributed by atoms with Crippen LogP contribution in [0.25, 0.3) is 0 Å². The average Bonchev–Trinajstić information content (AvgIpc) is 3.19. The fraction of sp³-hybridized carbons (Fsp3) is 0.200. The van der Waals surface area contributed by atoms with Crippen LogP contribution in [0.1, 0.15) is 12.8 Å². The zero-order valence-corrected chi connectivity index (χ0v) is 14.2. The average molecular weight is 350 g/mol. The number of anilines is 3. The third-order valence-corrected chi connectivity index (χ3v) is 4.26. The molecular weight excluding hydrogens is 331 g/mol. The second-order valence-corrected chi connectivity index (χ2v) is 6.14. The molecule has 6 heteroatoms. The maximum Gasteiger partial charge on any atom is 0.230 e. The van der Waals surface area contributed by atoms with Gasteiger partial charge in [0.05, 0.1) is 0 Å². The summed E-state index contributed by atoms with van der Waals surface area (Å²) in [7, 11) is 0. The van der Waals surface area contributed by atoms with Crippen LogP contribution in [-0.4, -0.2) is 23.1 Å². The van der Waals surface area contributed by atoms with Crippen molar-refractivity contribution in [3.63, 3.8) is 0 Å². The van der Waals surface area contributed by atoms with Crippen molar-refractivity contribution in [1.29, 1.82) is 0 Å². The fourth-order valence-corrected chi connectivity index (χ4v) is 2.94. The van der Waals surface area contributed by atoms with E-state index in [0.29, 0.717) is 17.6 Å². The minimum Gasteiger partial charge on any atom is -0.439 e. The first-order valence-electron chi connectivity index (χ1n) is 8.65. The summed E-state index contributed by atoms with van der Waals surface area (Å²) in [6.45, 7) is 2.25. The lowest BCUT2D eigenvalue weighted by Crippen LogP contribution is -2.17. The molecule has 0 aliphatic carbocycles. The number of halogens is 1. The predicted octanol–water partition coefficient (Wildman–Crippen LogP) is 4.75. The molecule has 0 bridgehead atoms. The Hall–Kier alpha value is -3.15. The van der Waals surface area contributed by atoms with Gasteiger partial charge in [-0.1, -0.05) is 0 Å². The molecule has 5 nitrogen and oxygen atoms in total. The lowest BCUT2D eigenvalue weighted by Gasteiger charge is -2.17. The van der Waals surface area contributed by atoms with E-state index in [2.05, 4.69) is 32.3 Å². The second-order valence-electron chi connectivity index (χ2n) is 6.14. The number of hydrogen-bond acceptors (Lipinski definition) is 5. The number of aromatic nitrogens is 2. The van der Waals surface area contributed by atoms with Gasteiger partial charge in [0.25, 0.3) is 0 Å². The van der Waals surface area contributed by atoms with E-state index in [1.54, 1.807) is 24.4 Å². The smallest absolute Gasteiger partial charge is 0.230 e. The van der Waals surface area contributed by atoms with E-state index in [1.807, 2.05) is 12.1 Å². The normalized spacial score (nSPS) is 13.7. The summed E-state index contributed by atoms with van der Waals surface area (Å²) in [5, 5.41) is 3.18. The Morgan fingerprint density at radius 3 is 2.38 bits per heavy atom. The zero-order valence-electron chi connectivity index (χ0n) is 14.2. The number of nitrogens with zero attached hydrogens (tertiary/aromatic N) is 3. The van der Waals surface area contributed by atoms with Crippen molar-refractivity contribution in [1.82, 2.24) is 9.97 Å². The van der Waals surface area contributed by atoms with Crippen LogP contribution < -0.4 is 15.0 Å². The van der Waals surface area contributed by atoms with Crippen LogP contribution in [0.5, 0.6) is 11.6 Å². The largest absolute Gasteiger partial charge is 0.439 e. The van der Waals surface area contributed by atoms with Gasteiger partial charge in [0.1, 0.15) is 11.6 Å². The SMILES string of the molecule is Fc1ccc(Oc2ccnc(Nc3ccc(N4CCCC4)cc3)n2)cc1. The van der Waals surface area contributed by atoms with E-state index in [1.165, 1.54) is 30.7 Å². The molecule has 0 radical (unpaired) electrons. The molecule has 0 saturated carbocycles. The van der Waals surface area contributed by atoms with Crippen molar-refractivity contribution in [2.45, 2.75) is 12.8 Å². The maximum absolute atomic E-state index is 13.0. The van der Waals surface area contributed by atoms with E-state index >= 15 is 0 Å². The van der Waals surface area contributed by atoms with E-state index in [0.717, 1.165) is 18.8 Å². The van der Waals surface area contributed by atoms with Crippen LogP contribution >= 0.6 is 0 Å². The van der Waals surface area contributed by atoms with Crippen molar-refractivity contribution >= 4 is 17.3 Å². The predicted molar refractivity (Wildman–Crippen MR) is 99.7 cm³/mol. The highest BCUT2D eigenvalue weighted by Crippen LogP contribution is 2.24. The summed E-state index contributed by atoms with van der Waals surface area (Å²) in [4.78, 5) is 10.9. The molecule has 0 atom stereocenters. The molecule has 1 aliphatic rings. The zero-order chi connectivity index (χ0) is 17.8. The van der Waals surface area contributed by atoms with Crippen LogP contribution in [0.3, 0.4) is 0 Å². The monoisotopic (exact) mass is 350 g/mol. The fourth-order valence-electron chi connectivity index (χ4n) is 2.94. The van der Waals surface area contributed by atoms with Crippen molar-refractivity contribution in [3.05, 3.63) is 66.6 Å². The van der Waals surface area contributed by atoms with E-state index in [4.69, 9.17) is 4.74 Å². The van der Waals surface area contributed by atoms with E-state index in [9.17, 15) is 4.39 Å². The summed E-state index contributed by atoms with van der Waals surface area (Å²) < 4.78 is 18.6. The van der Waals surface area contributed by atoms with E-state index in [-0.39, 0.29) is 5.82 Å². The van der Waals surface area contributed by atoms with Crippen LogP contribution in [0.2, 0.25) is 0 Å². The Morgan fingerprint density at radius 2 is 1.65 bits per heavy atom. The van der Waals surface area contributed by atoms with Gasteiger partial charge in [-0.05, 0) is 61.4 Å². The summed E-state index contributed by atoms with van der Waals surface area (Å²) >= 11 is 0. The van der Waals surface area contributed by atoms with Crippen molar-refractivity contribution < 1.29 is 9.13 Å². The topological polar surface area (TPSA) is 50.3 Å². The Morgan fingerprint density at radius 1 is 0.923 bits per heavy atom. The van der Waals surface area contributed by atoms with Crippen molar-refractivity contribution in [3.8, 4) is 11.6 Å². The highest BCUT2D eigenvalue weighted by atomic mass is 19.1. The van der Waals surface area contributed by atoms with Crippen LogP contribution in [0, 0.1) is 5.82 Å². The number of nitrogens with one attached hydrogen (secondary N) is 1. The van der Waals surface area contributed by atoms with Crippen LogP contribution in [-0.2, 0) is 0 Å². The van der Waals surface area contributed by atoms with Gasteiger partial charge in [0.2, 0.25) is 11.8 Å². The Balaban J connectivity index is 1.44. The molecule has 2 heterocycles. The lowest BCUT2D eigenvalue weighted by atomic mass is 10.2. The van der Waals surface area contributed by atoms with Crippen LogP contribution in [0.15, 0.2) is 60.8 Å². The second kappa shape index (κ2) is 7.39. The van der Waals surface area contributed by atoms with Gasteiger partial charge in [0.15, 0.2) is 0 Å². The summed E-state index contributed by atoms with van der Waals surface area (Å²) in [6.07, 6.45) is 4.14. The number of benzene rings is 2. The molecule has 0 spiro atoms. The lowest BCUT2D eigenvalue weighted by molar-refractivity contribution is 0.461. The highest BCUT2D eigenvalue weighted by molar-refractivity contribution is 5.59. The highest BCUT2D eigenvalue weighted by Gasteiger charge is 2.12.